The van der Waals surface area contributed by atoms with Crippen molar-refractivity contribution in [3.8, 4) is 5.88 Å². The zero-order valence-corrected chi connectivity index (χ0v) is 8.59. The third-order valence-electron chi connectivity index (χ3n) is 2.18. The Bertz CT molecular complexity index is 501. The number of hydrogen-bond donors (Lipinski definition) is 2. The van der Waals surface area contributed by atoms with Crippen molar-refractivity contribution in [3.05, 3.63) is 52.6 Å². The number of aromatic hydroxyl groups is 1. The lowest BCUT2D eigenvalue weighted by molar-refractivity contribution is 0.0573. The minimum absolute atomic E-state index is 0.0308. The molecule has 0 radical (unpaired) electrons. The first kappa shape index (κ1) is 10.5. The van der Waals surface area contributed by atoms with E-state index in [0.29, 0.717) is 6.61 Å². The zero-order chi connectivity index (χ0) is 11.4. The van der Waals surface area contributed by atoms with Gasteiger partial charge in [-0.25, -0.2) is 9.36 Å². The lowest BCUT2D eigenvalue weighted by Gasteiger charge is -2.05. The third kappa shape index (κ3) is 2.32. The van der Waals surface area contributed by atoms with E-state index in [4.69, 9.17) is 4.74 Å². The van der Waals surface area contributed by atoms with Gasteiger partial charge in [0.05, 0.1) is 12.8 Å². The molecule has 0 fully saturated rings. The summed E-state index contributed by atoms with van der Waals surface area (Å²) in [4.78, 5) is 13.5. The lowest BCUT2D eigenvalue weighted by Crippen LogP contribution is -2.18. The molecular formula is C11H12N2O3. The molecule has 1 heterocycles. The fourth-order valence-corrected chi connectivity index (χ4v) is 1.34. The number of aromatic amines is 1. The van der Waals surface area contributed by atoms with E-state index in [1.807, 2.05) is 30.3 Å². The molecule has 2 aromatic rings. The van der Waals surface area contributed by atoms with Crippen LogP contribution in [0.2, 0.25) is 0 Å². The van der Waals surface area contributed by atoms with E-state index in [1.54, 1.807) is 0 Å². The molecule has 0 bridgehead atoms. The summed E-state index contributed by atoms with van der Waals surface area (Å²) in [5.74, 6) is -0.127. The van der Waals surface area contributed by atoms with Gasteiger partial charge in [-0.05, 0) is 5.56 Å². The molecule has 5 heteroatoms. The smallest absolute Gasteiger partial charge is 0.330 e. The van der Waals surface area contributed by atoms with Crippen molar-refractivity contribution in [1.82, 2.24) is 9.55 Å². The minimum Gasteiger partial charge on any atom is -0.493 e. The first-order valence-electron chi connectivity index (χ1n) is 4.86. The van der Waals surface area contributed by atoms with Crippen LogP contribution in [0.25, 0.3) is 0 Å². The van der Waals surface area contributed by atoms with Crippen LogP contribution in [0.4, 0.5) is 0 Å². The number of aromatic nitrogens is 2. The zero-order valence-electron chi connectivity index (χ0n) is 8.59. The number of nitrogens with one attached hydrogen (secondary N) is 1. The molecule has 2 N–H and O–H groups in total. The lowest BCUT2D eigenvalue weighted by atomic mass is 10.2. The Morgan fingerprint density at radius 2 is 2.06 bits per heavy atom. The highest BCUT2D eigenvalue weighted by molar-refractivity contribution is 5.13. The van der Waals surface area contributed by atoms with Gasteiger partial charge in [-0.3, -0.25) is 0 Å². The first-order valence-corrected chi connectivity index (χ1v) is 4.86. The van der Waals surface area contributed by atoms with Crippen molar-refractivity contribution in [2.45, 2.75) is 13.3 Å². The maximum atomic E-state index is 11.1. The van der Waals surface area contributed by atoms with Crippen molar-refractivity contribution >= 4 is 0 Å². The monoisotopic (exact) mass is 220 g/mol. The Labute approximate surface area is 91.9 Å². The summed E-state index contributed by atoms with van der Waals surface area (Å²) in [6.07, 6.45) is 1.23. The standard InChI is InChI=1S/C11H12N2O3/c14-10-6-12-11(15)13(10)8-16-7-9-4-2-1-3-5-9/h1-6,14H,7-8H2,(H,12,15). The van der Waals surface area contributed by atoms with E-state index in [0.717, 1.165) is 10.1 Å². The molecule has 0 spiro atoms. The van der Waals surface area contributed by atoms with Gasteiger partial charge in [0, 0.05) is 0 Å². The Morgan fingerprint density at radius 1 is 1.31 bits per heavy atom. The van der Waals surface area contributed by atoms with E-state index in [9.17, 15) is 9.90 Å². The molecule has 0 saturated carbocycles. The molecule has 84 valence electrons. The van der Waals surface area contributed by atoms with Crippen LogP contribution in [0.5, 0.6) is 5.88 Å². The predicted molar refractivity (Wildman–Crippen MR) is 57.9 cm³/mol. The van der Waals surface area contributed by atoms with E-state index < -0.39 is 0 Å². The summed E-state index contributed by atoms with van der Waals surface area (Å²) in [6, 6.07) is 9.61. The summed E-state index contributed by atoms with van der Waals surface area (Å²) < 4.78 is 6.42. The van der Waals surface area contributed by atoms with Gasteiger partial charge < -0.3 is 14.8 Å². The molecule has 2 rings (SSSR count). The maximum absolute atomic E-state index is 11.1. The minimum atomic E-state index is -0.384. The number of ether oxygens (including phenoxy) is 1. The van der Waals surface area contributed by atoms with Crippen LogP contribution >= 0.6 is 0 Å². The average Bonchev–Trinajstić information content (AvgIpc) is 2.62. The number of rotatable bonds is 4. The second kappa shape index (κ2) is 4.67. The second-order valence-corrected chi connectivity index (χ2v) is 3.34. The molecule has 16 heavy (non-hydrogen) atoms. The Kier molecular flexibility index (Phi) is 3.07. The van der Waals surface area contributed by atoms with Gasteiger partial charge >= 0.3 is 5.69 Å². The molecule has 0 aliphatic heterocycles. The summed E-state index contributed by atoms with van der Waals surface area (Å²) in [5.41, 5.74) is 0.635. The molecular weight excluding hydrogens is 208 g/mol. The van der Waals surface area contributed by atoms with Crippen molar-refractivity contribution in [2.75, 3.05) is 0 Å². The molecule has 0 atom stereocenters. The van der Waals surface area contributed by atoms with E-state index in [1.165, 1.54) is 6.20 Å². The molecule has 0 aliphatic carbocycles. The highest BCUT2D eigenvalue weighted by atomic mass is 16.5. The van der Waals surface area contributed by atoms with Crippen LogP contribution < -0.4 is 5.69 Å². The van der Waals surface area contributed by atoms with E-state index in [2.05, 4.69) is 4.98 Å². The number of H-pyrrole nitrogens is 1. The van der Waals surface area contributed by atoms with Gasteiger partial charge in [-0.15, -0.1) is 0 Å². The van der Waals surface area contributed by atoms with Crippen molar-refractivity contribution in [2.24, 2.45) is 0 Å². The number of imidazole rings is 1. The van der Waals surface area contributed by atoms with Crippen LogP contribution in [-0.4, -0.2) is 14.7 Å². The molecule has 1 aromatic heterocycles. The molecule has 0 aliphatic rings. The SMILES string of the molecule is O=c1[nH]cc(O)n1COCc1ccccc1. The van der Waals surface area contributed by atoms with Crippen molar-refractivity contribution < 1.29 is 9.84 Å². The Balaban J connectivity index is 1.92. The van der Waals surface area contributed by atoms with Crippen LogP contribution in [0.1, 0.15) is 5.56 Å². The van der Waals surface area contributed by atoms with E-state index in [-0.39, 0.29) is 18.3 Å². The summed E-state index contributed by atoms with van der Waals surface area (Å²) >= 11 is 0. The highest BCUT2D eigenvalue weighted by Crippen LogP contribution is 2.05. The molecule has 0 saturated heterocycles. The molecule has 0 unspecified atom stereocenters. The molecule has 1 aromatic carbocycles. The predicted octanol–water partition coefficient (Wildman–Crippen LogP) is 1.06. The second-order valence-electron chi connectivity index (χ2n) is 3.34. The van der Waals surface area contributed by atoms with Gasteiger partial charge in [-0.1, -0.05) is 30.3 Å². The van der Waals surface area contributed by atoms with Gasteiger partial charge in [0.15, 0.2) is 0 Å². The normalized spacial score (nSPS) is 10.5. The van der Waals surface area contributed by atoms with Gasteiger partial charge in [0.25, 0.3) is 0 Å². The first-order chi connectivity index (χ1) is 7.77. The fourth-order valence-electron chi connectivity index (χ4n) is 1.34. The van der Waals surface area contributed by atoms with Crippen LogP contribution in [0.3, 0.4) is 0 Å². The van der Waals surface area contributed by atoms with Gasteiger partial charge in [0.2, 0.25) is 5.88 Å². The summed E-state index contributed by atoms with van der Waals surface area (Å²) in [7, 11) is 0. The summed E-state index contributed by atoms with van der Waals surface area (Å²) in [5, 5.41) is 9.28. The topological polar surface area (TPSA) is 67.2 Å². The average molecular weight is 220 g/mol. The van der Waals surface area contributed by atoms with Crippen LogP contribution in [0.15, 0.2) is 41.3 Å². The number of hydrogen-bond acceptors (Lipinski definition) is 3. The largest absolute Gasteiger partial charge is 0.493 e. The Hall–Kier alpha value is -2.01. The quantitative estimate of drug-likeness (QED) is 0.809. The number of benzene rings is 1. The maximum Gasteiger partial charge on any atom is 0.330 e. The number of nitrogens with zero attached hydrogens (tertiary/aromatic N) is 1. The van der Waals surface area contributed by atoms with Crippen molar-refractivity contribution in [1.29, 1.82) is 0 Å². The fraction of sp³-hybridized carbons (Fsp3) is 0.182. The molecule has 0 amide bonds. The van der Waals surface area contributed by atoms with Gasteiger partial charge in [-0.2, -0.15) is 0 Å². The van der Waals surface area contributed by atoms with Gasteiger partial charge in [0.1, 0.15) is 6.73 Å². The molecule has 5 nitrogen and oxygen atoms in total. The summed E-state index contributed by atoms with van der Waals surface area (Å²) in [6.45, 7) is 0.432. The van der Waals surface area contributed by atoms with Crippen LogP contribution in [0, 0.1) is 0 Å². The van der Waals surface area contributed by atoms with E-state index >= 15 is 0 Å². The van der Waals surface area contributed by atoms with Crippen molar-refractivity contribution in [3.63, 3.8) is 0 Å². The third-order valence-corrected chi connectivity index (χ3v) is 2.18. The Morgan fingerprint density at radius 3 is 2.69 bits per heavy atom. The van der Waals surface area contributed by atoms with Crippen LogP contribution in [-0.2, 0) is 18.1 Å². The highest BCUT2D eigenvalue weighted by Gasteiger charge is 2.03.